The van der Waals surface area contributed by atoms with Crippen LogP contribution < -0.4 is 9.64 Å². The highest BCUT2D eigenvalue weighted by Gasteiger charge is 2.42. The Hall–Kier alpha value is -4.38. The van der Waals surface area contributed by atoms with Crippen molar-refractivity contribution in [2.24, 2.45) is 0 Å². The first-order valence-electron chi connectivity index (χ1n) is 14.9. The number of pyridine rings is 2. The number of fused-ring (bicyclic) bond motifs is 4. The van der Waals surface area contributed by atoms with Crippen LogP contribution in [0.5, 0.6) is 5.75 Å². The summed E-state index contributed by atoms with van der Waals surface area (Å²) in [5.41, 5.74) is 4.70. The number of carbonyl (C=O) groups is 2. The molecule has 0 aliphatic carbocycles. The topological polar surface area (TPSA) is 117 Å². The maximum atomic E-state index is 14.5. The fraction of sp³-hybridized carbons (Fsp3) is 0.406. The number of benzene rings is 1. The van der Waals surface area contributed by atoms with Crippen LogP contribution in [-0.2, 0) is 11.2 Å². The van der Waals surface area contributed by atoms with E-state index in [4.69, 9.17) is 26.1 Å². The molecule has 2 amide bonds. The SMILES string of the molecule is Cc1ccc2[nH]ncc2c1-c1nc(N2CCCc3ncccc32)c2c(c1Cl)OC[C@H]1CN(C(=O)OC(C)(C)C)CCN1C2=O. The van der Waals surface area contributed by atoms with Gasteiger partial charge in [0.05, 0.1) is 34.8 Å². The molecule has 7 rings (SSSR count). The van der Waals surface area contributed by atoms with Crippen LogP contribution in [0.1, 0.15) is 48.8 Å². The van der Waals surface area contributed by atoms with E-state index in [-0.39, 0.29) is 24.1 Å². The predicted octanol–water partition coefficient (Wildman–Crippen LogP) is 5.52. The van der Waals surface area contributed by atoms with Gasteiger partial charge in [-0.05, 0) is 64.3 Å². The summed E-state index contributed by atoms with van der Waals surface area (Å²) in [6.07, 6.45) is 4.83. The molecule has 0 bridgehead atoms. The summed E-state index contributed by atoms with van der Waals surface area (Å²) in [5.74, 6) is 0.552. The van der Waals surface area contributed by atoms with Crippen molar-refractivity contribution in [2.75, 3.05) is 37.7 Å². The summed E-state index contributed by atoms with van der Waals surface area (Å²) in [5, 5.41) is 8.43. The van der Waals surface area contributed by atoms with Crippen molar-refractivity contribution in [3.63, 3.8) is 0 Å². The molecule has 44 heavy (non-hydrogen) atoms. The summed E-state index contributed by atoms with van der Waals surface area (Å²) in [7, 11) is 0. The minimum absolute atomic E-state index is 0.160. The third kappa shape index (κ3) is 4.79. The first kappa shape index (κ1) is 28.4. The molecule has 4 aromatic rings. The summed E-state index contributed by atoms with van der Waals surface area (Å²) >= 11 is 7.19. The number of H-pyrrole nitrogens is 1. The Balaban J connectivity index is 1.38. The molecule has 1 fully saturated rings. The van der Waals surface area contributed by atoms with E-state index in [0.717, 1.165) is 46.3 Å². The zero-order chi connectivity index (χ0) is 30.7. The van der Waals surface area contributed by atoms with Gasteiger partial charge in [-0.1, -0.05) is 17.7 Å². The number of ether oxygens (including phenoxy) is 2. The van der Waals surface area contributed by atoms with Crippen LogP contribution in [0.15, 0.2) is 36.7 Å². The third-order valence-corrected chi connectivity index (χ3v) is 8.73. The first-order chi connectivity index (χ1) is 21.1. The lowest BCUT2D eigenvalue weighted by Gasteiger charge is -2.40. The largest absolute Gasteiger partial charge is 0.489 e. The molecule has 3 aromatic heterocycles. The average Bonchev–Trinajstić information content (AvgIpc) is 3.42. The molecule has 0 unspecified atom stereocenters. The predicted molar refractivity (Wildman–Crippen MR) is 167 cm³/mol. The van der Waals surface area contributed by atoms with Crippen molar-refractivity contribution in [1.82, 2.24) is 30.0 Å². The van der Waals surface area contributed by atoms with E-state index in [0.29, 0.717) is 42.5 Å². The van der Waals surface area contributed by atoms with Crippen molar-refractivity contribution in [1.29, 1.82) is 0 Å². The van der Waals surface area contributed by atoms with Crippen LogP contribution >= 0.6 is 11.6 Å². The molecule has 0 spiro atoms. The van der Waals surface area contributed by atoms with E-state index in [1.165, 1.54) is 0 Å². The second-order valence-electron chi connectivity index (χ2n) is 12.5. The van der Waals surface area contributed by atoms with Crippen molar-refractivity contribution in [3.8, 4) is 17.0 Å². The summed E-state index contributed by atoms with van der Waals surface area (Å²) in [6, 6.07) is 7.48. The molecule has 1 atom stereocenters. The normalized spacial score (nSPS) is 18.3. The van der Waals surface area contributed by atoms with Gasteiger partial charge in [0.25, 0.3) is 5.91 Å². The van der Waals surface area contributed by atoms with Gasteiger partial charge in [-0.3, -0.25) is 14.9 Å². The van der Waals surface area contributed by atoms with E-state index in [9.17, 15) is 9.59 Å². The quantitative estimate of drug-likeness (QED) is 0.313. The molecule has 6 heterocycles. The number of piperazine rings is 1. The molecule has 0 saturated carbocycles. The Labute approximate surface area is 260 Å². The lowest BCUT2D eigenvalue weighted by Crippen LogP contribution is -2.58. The van der Waals surface area contributed by atoms with Crippen LogP contribution in [-0.4, -0.2) is 86.4 Å². The monoisotopic (exact) mass is 615 g/mol. The number of nitrogens with zero attached hydrogens (tertiary/aromatic N) is 6. The van der Waals surface area contributed by atoms with Crippen LogP contribution in [0, 0.1) is 6.92 Å². The van der Waals surface area contributed by atoms with Gasteiger partial charge in [-0.2, -0.15) is 5.10 Å². The number of rotatable bonds is 2. The van der Waals surface area contributed by atoms with Crippen LogP contribution in [0.3, 0.4) is 0 Å². The van der Waals surface area contributed by atoms with Gasteiger partial charge >= 0.3 is 6.09 Å². The number of hydrogen-bond donors (Lipinski definition) is 1. The number of aromatic amines is 1. The highest BCUT2D eigenvalue weighted by Crippen LogP contribution is 2.47. The standard InChI is InChI=1S/C32H34ClN7O4/c1-18-9-10-21-20(15-35-37-21)24(18)27-26(33)28-25(29(36-27)40-12-6-7-22-23(40)8-5-11-34-22)30(41)39-14-13-38(16-19(39)17-43-28)31(42)44-32(2,3)4/h5,8-11,15,19H,6-7,12-14,16-17H2,1-4H3,(H,35,37)/t19-/m1/s1. The second kappa shape index (κ2) is 10.7. The maximum Gasteiger partial charge on any atom is 0.410 e. The Kier molecular flexibility index (Phi) is 6.88. The second-order valence-corrected chi connectivity index (χ2v) is 12.9. The number of aryl methyl sites for hydroxylation is 2. The molecular formula is C32H34ClN7O4. The number of amides is 2. The molecule has 12 heteroatoms. The Morgan fingerprint density at radius 2 is 2.00 bits per heavy atom. The average molecular weight is 616 g/mol. The number of carbonyl (C=O) groups excluding carboxylic acids is 2. The first-order valence-corrected chi connectivity index (χ1v) is 15.3. The van der Waals surface area contributed by atoms with E-state index in [1.807, 2.05) is 52.0 Å². The molecule has 1 aromatic carbocycles. The lowest BCUT2D eigenvalue weighted by atomic mass is 9.99. The molecule has 1 N–H and O–H groups in total. The molecule has 3 aliphatic heterocycles. The fourth-order valence-corrected chi connectivity index (χ4v) is 6.64. The van der Waals surface area contributed by atoms with Gasteiger partial charge < -0.3 is 24.2 Å². The van der Waals surface area contributed by atoms with Crippen molar-refractivity contribution in [3.05, 3.63) is 58.5 Å². The Morgan fingerprint density at radius 1 is 1.16 bits per heavy atom. The Morgan fingerprint density at radius 3 is 2.82 bits per heavy atom. The molecule has 0 radical (unpaired) electrons. The van der Waals surface area contributed by atoms with E-state index < -0.39 is 17.7 Å². The zero-order valence-corrected chi connectivity index (χ0v) is 25.9. The van der Waals surface area contributed by atoms with Gasteiger partial charge in [-0.25, -0.2) is 9.78 Å². The summed E-state index contributed by atoms with van der Waals surface area (Å²) < 4.78 is 12.1. The third-order valence-electron chi connectivity index (χ3n) is 8.38. The van der Waals surface area contributed by atoms with Crippen molar-refractivity contribution >= 4 is 46.0 Å². The van der Waals surface area contributed by atoms with Gasteiger partial charge in [0, 0.05) is 43.3 Å². The number of hydrogen-bond acceptors (Lipinski definition) is 8. The highest BCUT2D eigenvalue weighted by atomic mass is 35.5. The minimum atomic E-state index is -0.625. The van der Waals surface area contributed by atoms with Crippen LogP contribution in [0.4, 0.5) is 16.3 Å². The van der Waals surface area contributed by atoms with Gasteiger partial charge in [-0.15, -0.1) is 0 Å². The molecule has 1 saturated heterocycles. The van der Waals surface area contributed by atoms with E-state index in [1.54, 1.807) is 22.2 Å². The number of anilines is 2. The highest BCUT2D eigenvalue weighted by molar-refractivity contribution is 6.36. The number of nitrogens with one attached hydrogen (secondary N) is 1. The van der Waals surface area contributed by atoms with Crippen LogP contribution in [0.25, 0.3) is 22.2 Å². The smallest absolute Gasteiger partial charge is 0.410 e. The molecule has 228 valence electrons. The lowest BCUT2D eigenvalue weighted by molar-refractivity contribution is 0.000956. The van der Waals surface area contributed by atoms with Crippen molar-refractivity contribution in [2.45, 2.75) is 52.2 Å². The van der Waals surface area contributed by atoms with Gasteiger partial charge in [0.15, 0.2) is 11.6 Å². The fourth-order valence-electron chi connectivity index (χ4n) is 6.35. The summed E-state index contributed by atoms with van der Waals surface area (Å²) in [4.78, 5) is 42.8. The van der Waals surface area contributed by atoms with Crippen LogP contribution in [0.2, 0.25) is 5.02 Å². The molecule has 3 aliphatic rings. The van der Waals surface area contributed by atoms with Gasteiger partial charge in [0.2, 0.25) is 0 Å². The molecule has 11 nitrogen and oxygen atoms in total. The number of aromatic nitrogens is 4. The van der Waals surface area contributed by atoms with Gasteiger partial charge in [0.1, 0.15) is 22.8 Å². The minimum Gasteiger partial charge on any atom is -0.489 e. The Bertz CT molecular complexity index is 1800. The maximum absolute atomic E-state index is 14.5. The number of halogens is 1. The zero-order valence-electron chi connectivity index (χ0n) is 25.2. The summed E-state index contributed by atoms with van der Waals surface area (Å²) in [6.45, 7) is 9.28. The van der Waals surface area contributed by atoms with E-state index >= 15 is 0 Å². The van der Waals surface area contributed by atoms with Crippen molar-refractivity contribution < 1.29 is 19.1 Å². The molecular weight excluding hydrogens is 582 g/mol. The van der Waals surface area contributed by atoms with E-state index in [2.05, 4.69) is 20.1 Å².